The lowest BCUT2D eigenvalue weighted by Crippen LogP contribution is -2.49. The molecule has 5 nitrogen and oxygen atoms in total. The first-order valence-corrected chi connectivity index (χ1v) is 6.34. The van der Waals surface area contributed by atoms with Gasteiger partial charge < -0.3 is 15.3 Å². The largest absolute Gasteiger partial charge is 0.394 e. The van der Waals surface area contributed by atoms with Crippen molar-refractivity contribution < 1.29 is 9.90 Å². The summed E-state index contributed by atoms with van der Waals surface area (Å²) in [5.41, 5.74) is 1.43. The molecule has 19 heavy (non-hydrogen) atoms. The number of nitrogens with one attached hydrogen (secondary N) is 1. The SMILES string of the molecule is CC1CCNC(=O)C(CO)N1c1ccc(C#N)cc1. The van der Waals surface area contributed by atoms with Crippen LogP contribution >= 0.6 is 0 Å². The Hall–Kier alpha value is -2.06. The maximum Gasteiger partial charge on any atom is 0.245 e. The summed E-state index contributed by atoms with van der Waals surface area (Å²) in [6, 6.07) is 8.71. The maximum absolute atomic E-state index is 11.9. The quantitative estimate of drug-likeness (QED) is 0.817. The predicted molar refractivity (Wildman–Crippen MR) is 71.6 cm³/mol. The minimum absolute atomic E-state index is 0.143. The number of carbonyl (C=O) groups is 1. The van der Waals surface area contributed by atoms with Crippen molar-refractivity contribution in [3.05, 3.63) is 29.8 Å². The smallest absolute Gasteiger partial charge is 0.245 e. The van der Waals surface area contributed by atoms with Gasteiger partial charge in [-0.3, -0.25) is 4.79 Å². The Bertz CT molecular complexity index is 492. The summed E-state index contributed by atoms with van der Waals surface area (Å²) in [6.45, 7) is 2.42. The minimum Gasteiger partial charge on any atom is -0.394 e. The molecule has 2 unspecified atom stereocenters. The van der Waals surface area contributed by atoms with Crippen LogP contribution in [0.1, 0.15) is 18.9 Å². The van der Waals surface area contributed by atoms with E-state index in [-0.39, 0.29) is 18.6 Å². The summed E-state index contributed by atoms with van der Waals surface area (Å²) in [5.74, 6) is -0.156. The number of hydrogen-bond donors (Lipinski definition) is 2. The molecule has 2 atom stereocenters. The van der Waals surface area contributed by atoms with Gasteiger partial charge >= 0.3 is 0 Å². The first-order chi connectivity index (χ1) is 9.17. The number of aliphatic hydroxyl groups is 1. The van der Waals surface area contributed by atoms with Crippen molar-refractivity contribution in [1.29, 1.82) is 5.26 Å². The van der Waals surface area contributed by atoms with Gasteiger partial charge in [-0.2, -0.15) is 5.26 Å². The highest BCUT2D eigenvalue weighted by Gasteiger charge is 2.31. The molecule has 0 aromatic heterocycles. The van der Waals surface area contributed by atoms with Crippen LogP contribution in [0, 0.1) is 11.3 Å². The van der Waals surface area contributed by atoms with Gasteiger partial charge in [-0.15, -0.1) is 0 Å². The summed E-state index contributed by atoms with van der Waals surface area (Å²) in [7, 11) is 0. The Labute approximate surface area is 112 Å². The second-order valence-corrected chi connectivity index (χ2v) is 4.69. The second-order valence-electron chi connectivity index (χ2n) is 4.69. The fourth-order valence-corrected chi connectivity index (χ4v) is 2.41. The zero-order chi connectivity index (χ0) is 13.8. The number of benzene rings is 1. The van der Waals surface area contributed by atoms with Gasteiger partial charge in [0.05, 0.1) is 18.2 Å². The molecule has 100 valence electrons. The molecule has 1 aromatic carbocycles. The van der Waals surface area contributed by atoms with Crippen LogP contribution in [0.25, 0.3) is 0 Å². The summed E-state index contributed by atoms with van der Waals surface area (Å²) < 4.78 is 0. The predicted octanol–water partition coefficient (Wildman–Crippen LogP) is 0.634. The number of rotatable bonds is 2. The summed E-state index contributed by atoms with van der Waals surface area (Å²) in [5, 5.41) is 21.1. The third-order valence-corrected chi connectivity index (χ3v) is 3.44. The fraction of sp³-hybridized carbons (Fsp3) is 0.429. The number of amides is 1. The number of anilines is 1. The van der Waals surface area contributed by atoms with E-state index < -0.39 is 6.04 Å². The van der Waals surface area contributed by atoms with Gasteiger partial charge in [0, 0.05) is 18.3 Å². The molecule has 1 aliphatic rings. The average Bonchev–Trinajstić information content (AvgIpc) is 2.57. The molecule has 0 spiro atoms. The topological polar surface area (TPSA) is 76.4 Å². The Balaban J connectivity index is 2.35. The molecule has 1 amide bonds. The van der Waals surface area contributed by atoms with Crippen LogP contribution in [-0.4, -0.2) is 36.2 Å². The van der Waals surface area contributed by atoms with Crippen molar-refractivity contribution in [2.24, 2.45) is 0 Å². The average molecular weight is 259 g/mol. The summed E-state index contributed by atoms with van der Waals surface area (Å²) in [6.07, 6.45) is 0.822. The third kappa shape index (κ3) is 2.69. The van der Waals surface area contributed by atoms with E-state index in [1.807, 2.05) is 24.0 Å². The number of carbonyl (C=O) groups excluding carboxylic acids is 1. The zero-order valence-electron chi connectivity index (χ0n) is 10.8. The first kappa shape index (κ1) is 13.4. The molecule has 2 rings (SSSR count). The van der Waals surface area contributed by atoms with Crippen molar-refractivity contribution in [3.8, 4) is 6.07 Å². The van der Waals surface area contributed by atoms with Crippen molar-refractivity contribution >= 4 is 11.6 Å². The minimum atomic E-state index is -0.578. The molecule has 1 aromatic rings. The number of nitrogens with zero attached hydrogens (tertiary/aromatic N) is 2. The number of nitriles is 1. The standard InChI is InChI=1S/C14H17N3O2/c1-10-6-7-16-14(19)13(9-18)17(10)12-4-2-11(8-15)3-5-12/h2-5,10,13,18H,6-7,9H2,1H3,(H,16,19). The number of aliphatic hydroxyl groups excluding tert-OH is 1. The summed E-state index contributed by atoms with van der Waals surface area (Å²) in [4.78, 5) is 13.9. The van der Waals surface area contributed by atoms with E-state index in [1.165, 1.54) is 0 Å². The number of hydrogen-bond acceptors (Lipinski definition) is 4. The maximum atomic E-state index is 11.9. The highest BCUT2D eigenvalue weighted by Crippen LogP contribution is 2.23. The lowest BCUT2D eigenvalue weighted by atomic mass is 10.1. The fourth-order valence-electron chi connectivity index (χ4n) is 2.41. The van der Waals surface area contributed by atoms with Gasteiger partial charge in [0.25, 0.3) is 0 Å². The monoisotopic (exact) mass is 259 g/mol. The molecule has 5 heteroatoms. The van der Waals surface area contributed by atoms with Crippen LogP contribution in [0.15, 0.2) is 24.3 Å². The zero-order valence-corrected chi connectivity index (χ0v) is 10.8. The van der Waals surface area contributed by atoms with E-state index in [0.29, 0.717) is 12.1 Å². The molecule has 0 bridgehead atoms. The van der Waals surface area contributed by atoms with Crippen molar-refractivity contribution in [2.75, 3.05) is 18.1 Å². The third-order valence-electron chi connectivity index (χ3n) is 3.44. The van der Waals surface area contributed by atoms with Crippen LogP contribution < -0.4 is 10.2 Å². The molecule has 1 heterocycles. The molecule has 2 N–H and O–H groups in total. The van der Waals surface area contributed by atoms with Crippen LogP contribution in [0.3, 0.4) is 0 Å². The van der Waals surface area contributed by atoms with Gasteiger partial charge in [0.2, 0.25) is 5.91 Å². The van der Waals surface area contributed by atoms with E-state index in [4.69, 9.17) is 5.26 Å². The van der Waals surface area contributed by atoms with Crippen LogP contribution in [0.4, 0.5) is 5.69 Å². The molecule has 0 radical (unpaired) electrons. The van der Waals surface area contributed by atoms with E-state index in [9.17, 15) is 9.90 Å². The summed E-state index contributed by atoms with van der Waals surface area (Å²) >= 11 is 0. The second kappa shape index (κ2) is 5.72. The normalized spacial score (nSPS) is 23.4. The molecule has 1 fully saturated rings. The van der Waals surface area contributed by atoms with Gasteiger partial charge in [-0.05, 0) is 37.6 Å². The highest BCUT2D eigenvalue weighted by atomic mass is 16.3. The molecule has 0 saturated carbocycles. The Morgan fingerprint density at radius 3 is 2.74 bits per heavy atom. The van der Waals surface area contributed by atoms with E-state index in [1.54, 1.807) is 12.1 Å². The lowest BCUT2D eigenvalue weighted by molar-refractivity contribution is -0.122. The Morgan fingerprint density at radius 2 is 2.16 bits per heavy atom. The first-order valence-electron chi connectivity index (χ1n) is 6.34. The van der Waals surface area contributed by atoms with Crippen LogP contribution in [0.5, 0.6) is 0 Å². The molecule has 1 saturated heterocycles. The molecule has 0 aliphatic carbocycles. The Kier molecular flexibility index (Phi) is 4.03. The van der Waals surface area contributed by atoms with Crippen LogP contribution in [-0.2, 0) is 4.79 Å². The van der Waals surface area contributed by atoms with E-state index >= 15 is 0 Å². The van der Waals surface area contributed by atoms with E-state index in [0.717, 1.165) is 12.1 Å². The van der Waals surface area contributed by atoms with Gasteiger partial charge in [0.1, 0.15) is 6.04 Å². The molecule has 1 aliphatic heterocycles. The van der Waals surface area contributed by atoms with Crippen LogP contribution in [0.2, 0.25) is 0 Å². The van der Waals surface area contributed by atoms with Gasteiger partial charge in [-0.25, -0.2) is 0 Å². The Morgan fingerprint density at radius 1 is 1.47 bits per heavy atom. The van der Waals surface area contributed by atoms with Crippen molar-refractivity contribution in [3.63, 3.8) is 0 Å². The van der Waals surface area contributed by atoms with Gasteiger partial charge in [-0.1, -0.05) is 0 Å². The molecular formula is C14H17N3O2. The highest BCUT2D eigenvalue weighted by molar-refractivity contribution is 5.86. The van der Waals surface area contributed by atoms with Crippen molar-refractivity contribution in [2.45, 2.75) is 25.4 Å². The van der Waals surface area contributed by atoms with E-state index in [2.05, 4.69) is 11.4 Å². The molecular weight excluding hydrogens is 242 g/mol. The van der Waals surface area contributed by atoms with Gasteiger partial charge in [0.15, 0.2) is 0 Å². The lowest BCUT2D eigenvalue weighted by Gasteiger charge is -2.34. The van der Waals surface area contributed by atoms with Crippen molar-refractivity contribution in [1.82, 2.24) is 5.32 Å².